The van der Waals surface area contributed by atoms with Crippen LogP contribution in [0.5, 0.6) is 0 Å². The lowest BCUT2D eigenvalue weighted by molar-refractivity contribution is -0.175. The van der Waals surface area contributed by atoms with Gasteiger partial charge in [-0.15, -0.1) is 0 Å². The van der Waals surface area contributed by atoms with Crippen LogP contribution >= 0.6 is 0 Å². The van der Waals surface area contributed by atoms with Crippen molar-refractivity contribution in [3.8, 4) is 0 Å². The number of amides is 1. The third-order valence-corrected chi connectivity index (χ3v) is 5.86. The summed E-state index contributed by atoms with van der Waals surface area (Å²) >= 11 is 0. The van der Waals surface area contributed by atoms with Crippen molar-refractivity contribution in [2.45, 2.75) is 63.7 Å². The smallest absolute Gasteiger partial charge is 0.241 e. The zero-order chi connectivity index (χ0) is 15.1. The molecule has 1 aliphatic carbocycles. The molecule has 0 radical (unpaired) electrons. The summed E-state index contributed by atoms with van der Waals surface area (Å²) in [6.07, 6.45) is 5.70. The SMILES string of the molecule is CC1(C)C2OCCC2C1(N)C(=O)NCCC1CCCCO1. The van der Waals surface area contributed by atoms with E-state index in [-0.39, 0.29) is 23.3 Å². The molecule has 4 unspecified atom stereocenters. The molecule has 1 amide bonds. The molecule has 3 rings (SSSR count). The molecule has 1 saturated carbocycles. The molecule has 3 aliphatic rings. The monoisotopic (exact) mass is 296 g/mol. The number of carbonyl (C=O) groups is 1. The van der Waals surface area contributed by atoms with Crippen molar-refractivity contribution in [2.24, 2.45) is 17.1 Å². The first-order chi connectivity index (χ1) is 9.98. The fraction of sp³-hybridized carbons (Fsp3) is 0.938. The molecule has 0 spiro atoms. The number of rotatable bonds is 4. The van der Waals surface area contributed by atoms with E-state index >= 15 is 0 Å². The summed E-state index contributed by atoms with van der Waals surface area (Å²) in [6, 6.07) is 0. The number of carbonyl (C=O) groups excluding carboxylic acids is 1. The minimum absolute atomic E-state index is 0.0185. The summed E-state index contributed by atoms with van der Waals surface area (Å²) < 4.78 is 11.4. The van der Waals surface area contributed by atoms with Crippen molar-refractivity contribution in [3.05, 3.63) is 0 Å². The van der Waals surface area contributed by atoms with Crippen LogP contribution in [0.2, 0.25) is 0 Å². The number of hydrogen-bond donors (Lipinski definition) is 2. The molecule has 2 heterocycles. The maximum Gasteiger partial charge on any atom is 0.241 e. The van der Waals surface area contributed by atoms with Gasteiger partial charge in [-0.05, 0) is 32.1 Å². The predicted octanol–water partition coefficient (Wildman–Crippen LogP) is 1.20. The molecule has 3 fully saturated rings. The van der Waals surface area contributed by atoms with Gasteiger partial charge in [-0.2, -0.15) is 0 Å². The summed E-state index contributed by atoms with van der Waals surface area (Å²) in [5, 5.41) is 3.04. The fourth-order valence-corrected chi connectivity index (χ4v) is 4.37. The molecule has 0 aromatic carbocycles. The first kappa shape index (κ1) is 15.3. The van der Waals surface area contributed by atoms with E-state index in [4.69, 9.17) is 15.2 Å². The van der Waals surface area contributed by atoms with Crippen molar-refractivity contribution in [2.75, 3.05) is 19.8 Å². The van der Waals surface area contributed by atoms with Crippen LogP contribution in [0.4, 0.5) is 0 Å². The summed E-state index contributed by atoms with van der Waals surface area (Å²) in [6.45, 7) is 6.32. The van der Waals surface area contributed by atoms with Crippen molar-refractivity contribution >= 4 is 5.91 Å². The Kier molecular flexibility index (Phi) is 4.01. The Morgan fingerprint density at radius 3 is 2.76 bits per heavy atom. The lowest BCUT2D eigenvalue weighted by Crippen LogP contribution is -2.80. The first-order valence-electron chi connectivity index (χ1n) is 8.28. The Morgan fingerprint density at radius 1 is 1.24 bits per heavy atom. The highest BCUT2D eigenvalue weighted by Gasteiger charge is 2.71. The molecule has 120 valence electrons. The van der Waals surface area contributed by atoms with E-state index in [1.807, 2.05) is 13.8 Å². The zero-order valence-electron chi connectivity index (χ0n) is 13.2. The first-order valence-corrected chi connectivity index (χ1v) is 8.28. The van der Waals surface area contributed by atoms with Crippen molar-refractivity contribution in [1.82, 2.24) is 5.32 Å². The Hall–Kier alpha value is -0.650. The highest BCUT2D eigenvalue weighted by atomic mass is 16.5. The van der Waals surface area contributed by atoms with E-state index in [2.05, 4.69) is 5.32 Å². The lowest BCUT2D eigenvalue weighted by atomic mass is 9.48. The van der Waals surface area contributed by atoms with Crippen LogP contribution in [-0.4, -0.2) is 43.4 Å². The van der Waals surface area contributed by atoms with Crippen LogP contribution in [0.15, 0.2) is 0 Å². The van der Waals surface area contributed by atoms with Gasteiger partial charge in [-0.25, -0.2) is 0 Å². The van der Waals surface area contributed by atoms with Crippen molar-refractivity contribution < 1.29 is 14.3 Å². The van der Waals surface area contributed by atoms with E-state index in [9.17, 15) is 4.79 Å². The van der Waals surface area contributed by atoms with E-state index < -0.39 is 5.54 Å². The van der Waals surface area contributed by atoms with E-state index in [0.29, 0.717) is 12.6 Å². The van der Waals surface area contributed by atoms with Gasteiger partial charge in [0.1, 0.15) is 5.54 Å². The Labute approximate surface area is 126 Å². The number of ether oxygens (including phenoxy) is 2. The molecule has 2 aliphatic heterocycles. The third kappa shape index (κ3) is 2.30. The fourth-order valence-electron chi connectivity index (χ4n) is 4.37. The van der Waals surface area contributed by atoms with Gasteiger partial charge in [-0.1, -0.05) is 13.8 Å². The van der Waals surface area contributed by atoms with Crippen LogP contribution < -0.4 is 11.1 Å². The van der Waals surface area contributed by atoms with Crippen LogP contribution in [0.3, 0.4) is 0 Å². The Balaban J connectivity index is 1.52. The maximum absolute atomic E-state index is 12.6. The zero-order valence-corrected chi connectivity index (χ0v) is 13.2. The average molecular weight is 296 g/mol. The molecule has 2 saturated heterocycles. The summed E-state index contributed by atoms with van der Waals surface area (Å²) in [5.41, 5.74) is 5.42. The number of fused-ring (bicyclic) bond motifs is 1. The lowest BCUT2D eigenvalue weighted by Gasteiger charge is -2.60. The van der Waals surface area contributed by atoms with Crippen LogP contribution in [0.1, 0.15) is 46.0 Å². The molecule has 0 bridgehead atoms. The van der Waals surface area contributed by atoms with Crippen molar-refractivity contribution in [3.63, 3.8) is 0 Å². The quantitative estimate of drug-likeness (QED) is 0.817. The molecule has 4 atom stereocenters. The molecular weight excluding hydrogens is 268 g/mol. The molecular formula is C16H28N2O3. The predicted molar refractivity (Wildman–Crippen MR) is 79.8 cm³/mol. The summed E-state index contributed by atoms with van der Waals surface area (Å²) in [5.74, 6) is 0.147. The van der Waals surface area contributed by atoms with E-state index in [1.54, 1.807) is 0 Å². The van der Waals surface area contributed by atoms with E-state index in [0.717, 1.165) is 38.9 Å². The van der Waals surface area contributed by atoms with Gasteiger partial charge in [-0.3, -0.25) is 4.79 Å². The van der Waals surface area contributed by atoms with Gasteiger partial charge in [0.25, 0.3) is 0 Å². The van der Waals surface area contributed by atoms with Gasteiger partial charge in [0.15, 0.2) is 0 Å². The molecule has 5 heteroatoms. The number of hydrogen-bond acceptors (Lipinski definition) is 4. The second-order valence-electron chi connectivity index (χ2n) is 7.31. The van der Waals surface area contributed by atoms with Gasteiger partial charge in [0.2, 0.25) is 5.91 Å². The molecule has 0 aromatic heterocycles. The summed E-state index contributed by atoms with van der Waals surface area (Å²) in [7, 11) is 0. The standard InChI is InChI=1S/C16H28N2O3/c1-15(2)13-12(7-10-21-13)16(15,17)14(19)18-8-6-11-5-3-4-9-20-11/h11-13H,3-10,17H2,1-2H3,(H,18,19). The van der Waals surface area contributed by atoms with E-state index in [1.165, 1.54) is 6.42 Å². The molecule has 21 heavy (non-hydrogen) atoms. The third-order valence-electron chi connectivity index (χ3n) is 5.86. The normalized spacial score (nSPS) is 41.2. The molecule has 0 aromatic rings. The topological polar surface area (TPSA) is 73.6 Å². The highest BCUT2D eigenvalue weighted by molar-refractivity contribution is 5.89. The Morgan fingerprint density at radius 2 is 2.05 bits per heavy atom. The second kappa shape index (κ2) is 5.52. The highest BCUT2D eigenvalue weighted by Crippen LogP contribution is 2.58. The second-order valence-corrected chi connectivity index (χ2v) is 7.31. The average Bonchev–Trinajstić information content (AvgIpc) is 2.95. The van der Waals surface area contributed by atoms with Crippen molar-refractivity contribution in [1.29, 1.82) is 0 Å². The number of nitrogens with one attached hydrogen (secondary N) is 1. The van der Waals surface area contributed by atoms with Gasteiger partial charge in [0.05, 0.1) is 12.2 Å². The van der Waals surface area contributed by atoms with Crippen LogP contribution in [0.25, 0.3) is 0 Å². The molecule has 5 nitrogen and oxygen atoms in total. The van der Waals surface area contributed by atoms with Crippen LogP contribution in [0, 0.1) is 11.3 Å². The van der Waals surface area contributed by atoms with Gasteiger partial charge < -0.3 is 20.5 Å². The largest absolute Gasteiger partial charge is 0.378 e. The Bertz CT molecular complexity index is 406. The number of nitrogens with two attached hydrogens (primary N) is 1. The summed E-state index contributed by atoms with van der Waals surface area (Å²) in [4.78, 5) is 12.6. The van der Waals surface area contributed by atoms with Gasteiger partial charge >= 0.3 is 0 Å². The minimum atomic E-state index is -0.790. The minimum Gasteiger partial charge on any atom is -0.378 e. The molecule has 3 N–H and O–H groups in total. The van der Waals surface area contributed by atoms with Crippen LogP contribution in [-0.2, 0) is 14.3 Å². The maximum atomic E-state index is 12.6. The van der Waals surface area contributed by atoms with Gasteiger partial charge in [0, 0.05) is 31.1 Å².